The summed E-state index contributed by atoms with van der Waals surface area (Å²) in [6.45, 7) is 0. The average Bonchev–Trinajstić information content (AvgIpc) is 3.02. The van der Waals surface area contributed by atoms with E-state index in [9.17, 15) is 0 Å². The average molecular weight is 217 g/mol. The van der Waals surface area contributed by atoms with Gasteiger partial charge in [-0.1, -0.05) is 0 Å². The first kappa shape index (κ1) is 8.49. The molecule has 0 spiro atoms. The van der Waals surface area contributed by atoms with Gasteiger partial charge in [0.15, 0.2) is 10.8 Å². The summed E-state index contributed by atoms with van der Waals surface area (Å²) in [5, 5.41) is 0.867. The molecule has 3 rings (SSSR count). The van der Waals surface area contributed by atoms with Gasteiger partial charge >= 0.3 is 0 Å². The lowest BCUT2D eigenvalue weighted by Gasteiger charge is -1.87. The normalized spacial score (nSPS) is 10.7. The van der Waals surface area contributed by atoms with Crippen molar-refractivity contribution in [2.45, 2.75) is 0 Å². The second kappa shape index (κ2) is 3.40. The monoisotopic (exact) mass is 217 g/mol. The predicted molar refractivity (Wildman–Crippen MR) is 57.5 cm³/mol. The number of hydrogen-bond donors (Lipinski definition) is 0. The summed E-state index contributed by atoms with van der Waals surface area (Å²) in [5.74, 6) is 1.63. The first-order chi connectivity index (χ1) is 7.43. The summed E-state index contributed by atoms with van der Waals surface area (Å²) in [4.78, 5) is 5.29. The van der Waals surface area contributed by atoms with Crippen molar-refractivity contribution in [1.29, 1.82) is 0 Å². The van der Waals surface area contributed by atoms with E-state index in [1.807, 2.05) is 24.3 Å². The van der Waals surface area contributed by atoms with Crippen LogP contribution >= 0.6 is 11.3 Å². The molecule has 0 amide bonds. The van der Waals surface area contributed by atoms with Gasteiger partial charge in [-0.25, -0.2) is 4.98 Å². The van der Waals surface area contributed by atoms with E-state index >= 15 is 0 Å². The first-order valence-electron chi connectivity index (χ1n) is 4.47. The van der Waals surface area contributed by atoms with Gasteiger partial charge in [0, 0.05) is 6.20 Å². The largest absolute Gasteiger partial charge is 0.463 e. The van der Waals surface area contributed by atoms with E-state index in [1.165, 1.54) is 0 Å². The Morgan fingerprint density at radius 1 is 1.00 bits per heavy atom. The number of aromatic nitrogens is 1. The minimum Gasteiger partial charge on any atom is -0.463 e. The summed E-state index contributed by atoms with van der Waals surface area (Å²) in [6, 6.07) is 7.52. The zero-order valence-electron chi connectivity index (χ0n) is 7.71. The fourth-order valence-corrected chi connectivity index (χ4v) is 2.17. The van der Waals surface area contributed by atoms with Gasteiger partial charge in [-0.15, -0.1) is 11.3 Å². The SMILES string of the molecule is c1coc(-c2cnc(-c3ccco3)s2)c1. The van der Waals surface area contributed by atoms with Crippen LogP contribution in [0.25, 0.3) is 21.4 Å². The molecule has 3 aromatic rings. The Balaban J connectivity index is 2.02. The molecule has 3 heterocycles. The van der Waals surface area contributed by atoms with Crippen molar-refractivity contribution in [2.24, 2.45) is 0 Å². The molecule has 0 aliphatic heterocycles. The Kier molecular flexibility index (Phi) is 1.93. The van der Waals surface area contributed by atoms with Gasteiger partial charge in [-0.2, -0.15) is 0 Å². The number of hydrogen-bond acceptors (Lipinski definition) is 4. The van der Waals surface area contributed by atoms with Crippen LogP contribution in [0.4, 0.5) is 0 Å². The Morgan fingerprint density at radius 3 is 2.40 bits per heavy atom. The molecule has 0 saturated carbocycles. The second-order valence-electron chi connectivity index (χ2n) is 2.98. The van der Waals surface area contributed by atoms with Gasteiger partial charge in [-0.3, -0.25) is 0 Å². The molecule has 15 heavy (non-hydrogen) atoms. The van der Waals surface area contributed by atoms with Gasteiger partial charge in [0.25, 0.3) is 0 Å². The van der Waals surface area contributed by atoms with Gasteiger partial charge in [0.05, 0.1) is 17.4 Å². The lowest BCUT2D eigenvalue weighted by molar-refractivity contribution is 0.581. The van der Waals surface area contributed by atoms with Gasteiger partial charge < -0.3 is 8.83 Å². The summed E-state index contributed by atoms with van der Waals surface area (Å²) >= 11 is 1.55. The smallest absolute Gasteiger partial charge is 0.162 e. The molecule has 0 aromatic carbocycles. The molecule has 0 radical (unpaired) electrons. The summed E-state index contributed by atoms with van der Waals surface area (Å²) < 4.78 is 10.6. The highest BCUT2D eigenvalue weighted by atomic mass is 32.1. The highest BCUT2D eigenvalue weighted by molar-refractivity contribution is 7.18. The van der Waals surface area contributed by atoms with Crippen molar-refractivity contribution in [1.82, 2.24) is 4.98 Å². The maximum Gasteiger partial charge on any atom is 0.162 e. The van der Waals surface area contributed by atoms with E-state index in [2.05, 4.69) is 4.98 Å². The van der Waals surface area contributed by atoms with Crippen LogP contribution < -0.4 is 0 Å². The molecule has 0 aliphatic rings. The highest BCUT2D eigenvalue weighted by Crippen LogP contribution is 2.32. The summed E-state index contributed by atoms with van der Waals surface area (Å²) in [6.07, 6.45) is 5.09. The number of rotatable bonds is 2. The van der Waals surface area contributed by atoms with Gasteiger partial charge in [-0.05, 0) is 24.3 Å². The Morgan fingerprint density at radius 2 is 1.73 bits per heavy atom. The van der Waals surface area contributed by atoms with Crippen molar-refractivity contribution < 1.29 is 8.83 Å². The zero-order chi connectivity index (χ0) is 10.1. The van der Waals surface area contributed by atoms with E-state index in [-0.39, 0.29) is 0 Å². The highest BCUT2D eigenvalue weighted by Gasteiger charge is 2.09. The lowest BCUT2D eigenvalue weighted by Crippen LogP contribution is -1.65. The van der Waals surface area contributed by atoms with Crippen LogP contribution in [0.3, 0.4) is 0 Å². The summed E-state index contributed by atoms with van der Waals surface area (Å²) in [7, 11) is 0. The topological polar surface area (TPSA) is 39.2 Å². The van der Waals surface area contributed by atoms with Crippen LogP contribution in [0.2, 0.25) is 0 Å². The fourth-order valence-electron chi connectivity index (χ4n) is 1.32. The Hall–Kier alpha value is -1.81. The van der Waals surface area contributed by atoms with Crippen molar-refractivity contribution in [3.63, 3.8) is 0 Å². The van der Waals surface area contributed by atoms with E-state index in [0.29, 0.717) is 0 Å². The van der Waals surface area contributed by atoms with Crippen molar-refractivity contribution in [3.05, 3.63) is 43.0 Å². The molecule has 3 aromatic heterocycles. The molecule has 3 nitrogen and oxygen atoms in total. The number of nitrogens with zero attached hydrogens (tertiary/aromatic N) is 1. The van der Waals surface area contributed by atoms with Crippen LogP contribution in [0, 0.1) is 0 Å². The van der Waals surface area contributed by atoms with Gasteiger partial charge in [0.2, 0.25) is 0 Å². The van der Waals surface area contributed by atoms with Crippen LogP contribution in [0.1, 0.15) is 0 Å². The molecule has 0 N–H and O–H groups in total. The fraction of sp³-hybridized carbons (Fsp3) is 0. The minimum atomic E-state index is 0.790. The molecule has 4 heteroatoms. The third-order valence-electron chi connectivity index (χ3n) is 2.00. The quantitative estimate of drug-likeness (QED) is 0.657. The summed E-state index contributed by atoms with van der Waals surface area (Å²) in [5.41, 5.74) is 0. The zero-order valence-corrected chi connectivity index (χ0v) is 8.53. The van der Waals surface area contributed by atoms with Crippen molar-refractivity contribution in [3.8, 4) is 21.4 Å². The van der Waals surface area contributed by atoms with Crippen molar-refractivity contribution in [2.75, 3.05) is 0 Å². The molecule has 0 atom stereocenters. The Labute approximate surface area is 90.0 Å². The van der Waals surface area contributed by atoms with E-state index in [4.69, 9.17) is 8.83 Å². The van der Waals surface area contributed by atoms with Crippen molar-refractivity contribution >= 4 is 11.3 Å². The lowest BCUT2D eigenvalue weighted by atomic mass is 10.4. The maximum atomic E-state index is 5.29. The van der Waals surface area contributed by atoms with E-state index in [0.717, 1.165) is 21.4 Å². The molecule has 0 fully saturated rings. The molecular formula is C11H7NO2S. The minimum absolute atomic E-state index is 0.790. The maximum absolute atomic E-state index is 5.29. The third-order valence-corrected chi connectivity index (χ3v) is 3.03. The van der Waals surface area contributed by atoms with Crippen LogP contribution in [-0.4, -0.2) is 4.98 Å². The number of furan rings is 2. The number of thiazole rings is 1. The predicted octanol–water partition coefficient (Wildman–Crippen LogP) is 3.66. The molecule has 0 saturated heterocycles. The third kappa shape index (κ3) is 1.49. The van der Waals surface area contributed by atoms with Crippen LogP contribution in [0.5, 0.6) is 0 Å². The van der Waals surface area contributed by atoms with E-state index in [1.54, 1.807) is 30.1 Å². The molecular weight excluding hydrogens is 210 g/mol. The van der Waals surface area contributed by atoms with Crippen LogP contribution in [0.15, 0.2) is 51.8 Å². The van der Waals surface area contributed by atoms with Gasteiger partial charge in [0.1, 0.15) is 5.76 Å². The van der Waals surface area contributed by atoms with Crippen LogP contribution in [-0.2, 0) is 0 Å². The molecule has 74 valence electrons. The van der Waals surface area contributed by atoms with E-state index < -0.39 is 0 Å². The molecule has 0 unspecified atom stereocenters. The molecule has 0 aliphatic carbocycles. The Bertz CT molecular complexity index is 488. The standard InChI is InChI=1S/C11H7NO2S/c1-3-8(13-5-1)10-7-12-11(15-10)9-4-2-6-14-9/h1-7H. The first-order valence-corrected chi connectivity index (χ1v) is 5.29. The molecule has 0 bridgehead atoms. The second-order valence-corrected chi connectivity index (χ2v) is 4.01.